The van der Waals surface area contributed by atoms with Crippen LogP contribution in [-0.2, 0) is 15.7 Å². The molecule has 0 radical (unpaired) electrons. The molecule has 1 aliphatic heterocycles. The van der Waals surface area contributed by atoms with Crippen LogP contribution in [-0.4, -0.2) is 11.9 Å². The maximum Gasteiger partial charge on any atom is 0.416 e. The number of carbonyl (C=O) groups is 1. The lowest BCUT2D eigenvalue weighted by molar-refractivity contribution is -0.137. The van der Waals surface area contributed by atoms with Crippen molar-refractivity contribution in [1.29, 1.82) is 0 Å². The number of aliphatic imine (C=N–C) groups is 1. The molecule has 0 N–H and O–H groups in total. The summed E-state index contributed by atoms with van der Waals surface area (Å²) in [6.07, 6.45) is -2.97. The van der Waals surface area contributed by atoms with Gasteiger partial charge in [0.15, 0.2) is 5.70 Å². The third-order valence-electron chi connectivity index (χ3n) is 3.28. The molecule has 1 aliphatic rings. The van der Waals surface area contributed by atoms with Gasteiger partial charge in [0.25, 0.3) is 0 Å². The predicted octanol–water partition coefficient (Wildman–Crippen LogP) is 4.70. The van der Waals surface area contributed by atoms with Crippen molar-refractivity contribution >= 4 is 29.5 Å². The van der Waals surface area contributed by atoms with E-state index >= 15 is 0 Å². The molecule has 3 nitrogen and oxygen atoms in total. The summed E-state index contributed by atoms with van der Waals surface area (Å²) in [6.45, 7) is 0. The van der Waals surface area contributed by atoms with Crippen LogP contribution in [0.5, 0.6) is 0 Å². The number of nitrogens with zero attached hydrogens (tertiary/aromatic N) is 1. The Bertz CT molecular complexity index is 855. The smallest absolute Gasteiger partial charge is 0.402 e. The summed E-state index contributed by atoms with van der Waals surface area (Å²) in [5, 5.41) is 0.441. The Hall–Kier alpha value is -2.60. The van der Waals surface area contributed by atoms with E-state index in [0.29, 0.717) is 10.6 Å². The summed E-state index contributed by atoms with van der Waals surface area (Å²) < 4.78 is 42.7. The van der Waals surface area contributed by atoms with Crippen molar-refractivity contribution in [3.63, 3.8) is 0 Å². The number of ether oxygens (including phenoxy) is 1. The minimum absolute atomic E-state index is 0.0259. The molecule has 0 saturated heterocycles. The molecule has 0 aliphatic carbocycles. The van der Waals surface area contributed by atoms with Crippen LogP contribution in [0.3, 0.4) is 0 Å². The molecule has 0 aromatic heterocycles. The zero-order chi connectivity index (χ0) is 17.3. The number of rotatable bonds is 2. The average molecular weight is 352 g/mol. The molecule has 0 unspecified atom stereocenters. The van der Waals surface area contributed by atoms with E-state index in [0.717, 1.165) is 12.1 Å². The molecular weight excluding hydrogens is 343 g/mol. The van der Waals surface area contributed by atoms with Gasteiger partial charge in [0.2, 0.25) is 5.90 Å². The highest BCUT2D eigenvalue weighted by atomic mass is 35.5. The summed E-state index contributed by atoms with van der Waals surface area (Å²) in [6, 6.07) is 11.1. The number of hydrogen-bond donors (Lipinski definition) is 0. The van der Waals surface area contributed by atoms with Gasteiger partial charge < -0.3 is 4.74 Å². The van der Waals surface area contributed by atoms with Gasteiger partial charge in [-0.25, -0.2) is 9.79 Å². The predicted molar refractivity (Wildman–Crippen MR) is 83.5 cm³/mol. The van der Waals surface area contributed by atoms with E-state index in [2.05, 4.69) is 4.99 Å². The van der Waals surface area contributed by atoms with Crippen LogP contribution in [0.1, 0.15) is 16.7 Å². The van der Waals surface area contributed by atoms with Gasteiger partial charge in [0.1, 0.15) is 0 Å². The first-order chi connectivity index (χ1) is 11.3. The lowest BCUT2D eigenvalue weighted by Crippen LogP contribution is -2.08. The summed E-state index contributed by atoms with van der Waals surface area (Å²) in [7, 11) is 0. The fourth-order valence-corrected chi connectivity index (χ4v) is 2.26. The SMILES string of the molecule is O=C1OC(c2ccc(C(F)(F)F)cc2)=N/C1=C\c1ccccc1Cl. The second-order valence-electron chi connectivity index (χ2n) is 4.93. The van der Waals surface area contributed by atoms with Gasteiger partial charge in [-0.15, -0.1) is 0 Å². The maximum atomic E-state index is 12.6. The molecule has 0 bridgehead atoms. The maximum absolute atomic E-state index is 12.6. The Morgan fingerprint density at radius 1 is 1.04 bits per heavy atom. The van der Waals surface area contributed by atoms with Crippen molar-refractivity contribution in [2.45, 2.75) is 6.18 Å². The molecular formula is C17H9ClF3NO2. The van der Waals surface area contributed by atoms with E-state index in [1.54, 1.807) is 24.3 Å². The highest BCUT2D eigenvalue weighted by molar-refractivity contribution is 6.32. The van der Waals surface area contributed by atoms with Crippen LogP contribution in [0.2, 0.25) is 5.02 Å². The normalized spacial score (nSPS) is 16.2. The molecule has 0 saturated carbocycles. The van der Waals surface area contributed by atoms with Crippen molar-refractivity contribution in [3.8, 4) is 0 Å². The monoisotopic (exact) mass is 351 g/mol. The standard InChI is InChI=1S/C17H9ClF3NO2/c18-13-4-2-1-3-11(13)9-14-16(23)24-15(22-14)10-5-7-12(8-6-10)17(19,20)21/h1-9H/b14-9-. The molecule has 0 amide bonds. The van der Waals surface area contributed by atoms with Crippen molar-refractivity contribution in [3.05, 3.63) is 75.9 Å². The van der Waals surface area contributed by atoms with Crippen molar-refractivity contribution in [2.75, 3.05) is 0 Å². The molecule has 2 aromatic carbocycles. The fraction of sp³-hybridized carbons (Fsp3) is 0.0588. The lowest BCUT2D eigenvalue weighted by Gasteiger charge is -2.06. The quantitative estimate of drug-likeness (QED) is 0.581. The van der Waals surface area contributed by atoms with Gasteiger partial charge in [-0.1, -0.05) is 29.8 Å². The molecule has 2 aromatic rings. The minimum atomic E-state index is -4.43. The molecule has 0 fully saturated rings. The number of benzene rings is 2. The molecule has 7 heteroatoms. The Morgan fingerprint density at radius 3 is 2.33 bits per heavy atom. The van der Waals surface area contributed by atoms with Crippen LogP contribution in [0, 0.1) is 0 Å². The van der Waals surface area contributed by atoms with Gasteiger partial charge in [0, 0.05) is 10.6 Å². The molecule has 122 valence electrons. The van der Waals surface area contributed by atoms with E-state index < -0.39 is 17.7 Å². The summed E-state index contributed by atoms with van der Waals surface area (Å²) in [4.78, 5) is 15.9. The molecule has 3 rings (SSSR count). The zero-order valence-electron chi connectivity index (χ0n) is 12.0. The highest BCUT2D eigenvalue weighted by Gasteiger charge is 2.31. The number of halogens is 4. The van der Waals surface area contributed by atoms with E-state index in [1.165, 1.54) is 18.2 Å². The number of hydrogen-bond acceptors (Lipinski definition) is 3. The molecule has 0 atom stereocenters. The van der Waals surface area contributed by atoms with E-state index in [1.807, 2.05) is 0 Å². The Morgan fingerprint density at radius 2 is 1.71 bits per heavy atom. The molecule has 1 heterocycles. The summed E-state index contributed by atoms with van der Waals surface area (Å²) >= 11 is 6.01. The molecule has 0 spiro atoms. The second-order valence-corrected chi connectivity index (χ2v) is 5.34. The van der Waals surface area contributed by atoms with E-state index in [4.69, 9.17) is 16.3 Å². The summed E-state index contributed by atoms with van der Waals surface area (Å²) in [5.74, 6) is -0.739. The van der Waals surface area contributed by atoms with Crippen LogP contribution in [0.25, 0.3) is 6.08 Å². The highest BCUT2D eigenvalue weighted by Crippen LogP contribution is 2.30. The average Bonchev–Trinajstić information content (AvgIpc) is 2.90. The fourth-order valence-electron chi connectivity index (χ4n) is 2.07. The lowest BCUT2D eigenvalue weighted by atomic mass is 10.1. The Kier molecular flexibility index (Phi) is 4.15. The number of carbonyl (C=O) groups excluding carboxylic acids is 1. The number of esters is 1. The van der Waals surface area contributed by atoms with E-state index in [9.17, 15) is 18.0 Å². The Balaban J connectivity index is 1.91. The van der Waals surface area contributed by atoms with Crippen LogP contribution in [0.15, 0.2) is 59.2 Å². The van der Waals surface area contributed by atoms with E-state index in [-0.39, 0.29) is 17.2 Å². The van der Waals surface area contributed by atoms with Crippen molar-refractivity contribution in [1.82, 2.24) is 0 Å². The Labute approximate surface area is 140 Å². The van der Waals surface area contributed by atoms with Crippen LogP contribution < -0.4 is 0 Å². The minimum Gasteiger partial charge on any atom is -0.402 e. The van der Waals surface area contributed by atoms with Gasteiger partial charge in [-0.05, 0) is 42.0 Å². The molecule has 24 heavy (non-hydrogen) atoms. The van der Waals surface area contributed by atoms with Gasteiger partial charge in [0.05, 0.1) is 5.56 Å². The topological polar surface area (TPSA) is 38.7 Å². The zero-order valence-corrected chi connectivity index (χ0v) is 12.7. The third-order valence-corrected chi connectivity index (χ3v) is 3.62. The van der Waals surface area contributed by atoms with Crippen LogP contribution >= 0.6 is 11.6 Å². The van der Waals surface area contributed by atoms with Gasteiger partial charge in [-0.3, -0.25) is 0 Å². The van der Waals surface area contributed by atoms with Gasteiger partial charge >= 0.3 is 12.1 Å². The van der Waals surface area contributed by atoms with Gasteiger partial charge in [-0.2, -0.15) is 13.2 Å². The first-order valence-corrected chi connectivity index (χ1v) is 7.17. The third kappa shape index (κ3) is 3.33. The first-order valence-electron chi connectivity index (χ1n) is 6.79. The largest absolute Gasteiger partial charge is 0.416 e. The summed E-state index contributed by atoms with van der Waals surface area (Å²) in [5.41, 5.74) is 0.100. The second kappa shape index (κ2) is 6.13. The van der Waals surface area contributed by atoms with Crippen molar-refractivity contribution in [2.24, 2.45) is 4.99 Å². The number of alkyl halides is 3. The van der Waals surface area contributed by atoms with Crippen LogP contribution in [0.4, 0.5) is 13.2 Å². The first kappa shape index (κ1) is 16.3. The van der Waals surface area contributed by atoms with Crippen molar-refractivity contribution < 1.29 is 22.7 Å². The number of cyclic esters (lactones) is 1.